The topological polar surface area (TPSA) is 59.3 Å². The molecule has 1 aliphatic rings. The van der Waals surface area contributed by atoms with Gasteiger partial charge in [0.05, 0.1) is 10.4 Å². The molecule has 0 bridgehead atoms. The van der Waals surface area contributed by atoms with Gasteiger partial charge >= 0.3 is 0 Å². The molecule has 3 unspecified atom stereocenters. The van der Waals surface area contributed by atoms with Crippen LogP contribution in [0.2, 0.25) is 0 Å². The van der Waals surface area contributed by atoms with Crippen molar-refractivity contribution in [3.8, 4) is 16.3 Å². The van der Waals surface area contributed by atoms with Crippen LogP contribution in [-0.2, 0) is 29.6 Å². The van der Waals surface area contributed by atoms with Crippen LogP contribution in [0.15, 0.2) is 36.5 Å². The molecule has 1 heterocycles. The fourth-order valence-electron chi connectivity index (χ4n) is 4.98. The van der Waals surface area contributed by atoms with E-state index < -0.39 is 6.36 Å². The number of nitrogens with one attached hydrogen (secondary N) is 1. The van der Waals surface area contributed by atoms with E-state index in [1.165, 1.54) is 56.4 Å². The number of allylic oxidation sites excluding steroid dienone is 1. The number of aromatic nitrogens is 1. The zero-order chi connectivity index (χ0) is 34.0. The third-order valence-corrected chi connectivity index (χ3v) is 9.85. The number of carbonyl (C=O) groups excluding carboxylic acids is 2. The van der Waals surface area contributed by atoms with Crippen molar-refractivity contribution in [2.75, 3.05) is 0 Å². The molecular weight excluding hydrogens is 583 g/mol. The smallest absolute Gasteiger partial charge is 0.272 e. The van der Waals surface area contributed by atoms with E-state index in [0.29, 0.717) is 23.6 Å². The van der Waals surface area contributed by atoms with Gasteiger partial charge in [-0.2, -0.15) is 8.96 Å². The van der Waals surface area contributed by atoms with Crippen molar-refractivity contribution in [1.29, 1.82) is 0 Å². The number of rotatable bonds is 14. The maximum atomic E-state index is 13.9. The third-order valence-electron chi connectivity index (χ3n) is 8.49. The van der Waals surface area contributed by atoms with Crippen molar-refractivity contribution in [3.63, 3.8) is 0 Å². The number of benzene rings is 1. The maximum Gasteiger partial charge on any atom is 0.272 e. The zero-order valence-electron chi connectivity index (χ0n) is 29.9. The maximum absolute atomic E-state index is 13.9. The molecule has 5 nitrogen and oxygen atoms in total. The molecule has 2 aromatic rings. The van der Waals surface area contributed by atoms with Crippen LogP contribution < -0.4 is 14.6 Å². The molecule has 45 heavy (non-hydrogen) atoms. The number of hydrogen-bond acceptors (Lipinski definition) is 4. The Kier molecular flexibility index (Phi) is 19.2. The monoisotopic (exact) mass is 645 g/mol. The van der Waals surface area contributed by atoms with Crippen LogP contribution in [0.25, 0.3) is 10.6 Å². The quantitative estimate of drug-likeness (QED) is 0.126. The lowest BCUT2D eigenvalue weighted by Gasteiger charge is -2.32. The van der Waals surface area contributed by atoms with E-state index in [1.807, 2.05) is 23.7 Å². The summed E-state index contributed by atoms with van der Waals surface area (Å²) < 4.78 is 21.4. The number of aryl methyl sites for hydroxylation is 2. The second-order valence-corrected chi connectivity index (χ2v) is 14.6. The van der Waals surface area contributed by atoms with Crippen molar-refractivity contribution in [2.24, 2.45) is 30.2 Å². The van der Waals surface area contributed by atoms with E-state index in [4.69, 9.17) is 4.74 Å². The van der Waals surface area contributed by atoms with E-state index in [9.17, 15) is 14.0 Å². The van der Waals surface area contributed by atoms with Gasteiger partial charge in [-0.05, 0) is 80.1 Å². The van der Waals surface area contributed by atoms with Crippen LogP contribution in [0, 0.1) is 23.2 Å². The van der Waals surface area contributed by atoms with Crippen LogP contribution in [0.1, 0.15) is 124 Å². The molecule has 0 saturated heterocycles. The Balaban J connectivity index is 0.000000421. The number of nitrogens with zero attached hydrogens (tertiary/aromatic N) is 1. The van der Waals surface area contributed by atoms with Gasteiger partial charge in [0.25, 0.3) is 11.4 Å². The molecule has 1 saturated carbocycles. The minimum absolute atomic E-state index is 0.0891. The van der Waals surface area contributed by atoms with Crippen LogP contribution in [0.4, 0.5) is 4.39 Å². The number of amides is 1. The molecule has 7 heteroatoms. The summed E-state index contributed by atoms with van der Waals surface area (Å²) in [5.74, 6) is 2.64. The summed E-state index contributed by atoms with van der Waals surface area (Å²) in [5, 5.41) is 3.77. The van der Waals surface area contributed by atoms with Gasteiger partial charge in [0.2, 0.25) is 5.91 Å². The molecule has 3 atom stereocenters. The molecule has 0 aliphatic heterocycles. The number of hydrogen-bond donors (Lipinski definition) is 1. The Labute approximate surface area is 278 Å². The van der Waals surface area contributed by atoms with Crippen LogP contribution in [-0.4, -0.2) is 18.6 Å². The number of aldehydes is 1. The molecule has 1 N–H and O–H groups in total. The van der Waals surface area contributed by atoms with Gasteiger partial charge in [0, 0.05) is 19.4 Å². The van der Waals surface area contributed by atoms with E-state index in [1.54, 1.807) is 30.4 Å². The molecule has 254 valence electrons. The van der Waals surface area contributed by atoms with Gasteiger partial charge in [-0.15, -0.1) is 0 Å². The molecule has 1 amide bonds. The van der Waals surface area contributed by atoms with E-state index in [-0.39, 0.29) is 5.91 Å². The summed E-state index contributed by atoms with van der Waals surface area (Å²) in [6.45, 7) is 19.9. The van der Waals surface area contributed by atoms with Crippen LogP contribution in [0.3, 0.4) is 0 Å². The Morgan fingerprint density at radius 3 is 2.36 bits per heavy atom. The van der Waals surface area contributed by atoms with Crippen molar-refractivity contribution in [2.45, 2.75) is 133 Å². The SMILES string of the molecule is CC=CC(F)Oc1ccc(CNC(C)=O)cc1-c1sc(CC)c[n+]1C.CCCCC(CC(C)CC)C(C)(C)C.O=CC1CCC1. The van der Waals surface area contributed by atoms with Gasteiger partial charge in [-0.1, -0.05) is 97.6 Å². The van der Waals surface area contributed by atoms with Crippen LogP contribution in [0.5, 0.6) is 5.75 Å². The third kappa shape index (κ3) is 15.5. The lowest BCUT2D eigenvalue weighted by Crippen LogP contribution is -2.27. The summed E-state index contributed by atoms with van der Waals surface area (Å²) in [5.41, 5.74) is 2.26. The normalized spacial score (nSPS) is 15.1. The summed E-state index contributed by atoms with van der Waals surface area (Å²) in [6.07, 6.45) is 16.0. The largest absolute Gasteiger partial charge is 0.456 e. The average Bonchev–Trinajstić information content (AvgIpc) is 3.34. The second kappa shape index (κ2) is 21.3. The van der Waals surface area contributed by atoms with Crippen molar-refractivity contribution in [3.05, 3.63) is 47.0 Å². The first kappa shape index (κ1) is 40.5. The summed E-state index contributed by atoms with van der Waals surface area (Å²) in [6, 6.07) is 5.54. The van der Waals surface area contributed by atoms with E-state index >= 15 is 0 Å². The lowest BCUT2D eigenvalue weighted by molar-refractivity contribution is -0.656. The van der Waals surface area contributed by atoms with E-state index in [0.717, 1.165) is 53.5 Å². The number of thiazole rings is 1. The lowest BCUT2D eigenvalue weighted by atomic mass is 9.73. The van der Waals surface area contributed by atoms with Gasteiger partial charge in [0.15, 0.2) is 6.20 Å². The fourth-order valence-corrected chi connectivity index (χ4v) is 6.05. The number of ether oxygens (including phenoxy) is 1. The first-order valence-corrected chi connectivity index (χ1v) is 17.9. The molecular formula is C38H62FN2O3S+. The highest BCUT2D eigenvalue weighted by atomic mass is 32.1. The highest BCUT2D eigenvalue weighted by Crippen LogP contribution is 2.36. The summed E-state index contributed by atoms with van der Waals surface area (Å²) in [4.78, 5) is 22.2. The first-order valence-electron chi connectivity index (χ1n) is 17.0. The highest BCUT2D eigenvalue weighted by Gasteiger charge is 2.25. The summed E-state index contributed by atoms with van der Waals surface area (Å²) >= 11 is 1.66. The van der Waals surface area contributed by atoms with Gasteiger partial charge in [-0.25, -0.2) is 0 Å². The fraction of sp³-hybridized carbons (Fsp3) is 0.658. The van der Waals surface area contributed by atoms with Gasteiger partial charge in [-0.3, -0.25) is 4.79 Å². The van der Waals surface area contributed by atoms with Gasteiger partial charge < -0.3 is 14.8 Å². The molecule has 3 rings (SSSR count). The number of halogens is 1. The molecule has 0 spiro atoms. The average molecular weight is 646 g/mol. The minimum atomic E-state index is -1.50. The number of carbonyl (C=O) groups is 2. The first-order chi connectivity index (χ1) is 21.3. The van der Waals surface area contributed by atoms with Gasteiger partial charge in [0.1, 0.15) is 19.1 Å². The van der Waals surface area contributed by atoms with Crippen molar-refractivity contribution < 1.29 is 23.3 Å². The molecule has 0 radical (unpaired) electrons. The molecule has 1 fully saturated rings. The Bertz CT molecular complexity index is 1170. The van der Waals surface area contributed by atoms with E-state index in [2.05, 4.69) is 60.0 Å². The molecule has 1 aromatic heterocycles. The number of unbranched alkanes of at least 4 members (excludes halogenated alkanes) is 1. The highest BCUT2D eigenvalue weighted by molar-refractivity contribution is 7.14. The Hall–Kier alpha value is -2.54. The van der Waals surface area contributed by atoms with Crippen molar-refractivity contribution >= 4 is 23.5 Å². The second-order valence-electron chi connectivity index (χ2n) is 13.5. The minimum Gasteiger partial charge on any atom is -0.456 e. The predicted octanol–water partition coefficient (Wildman–Crippen LogP) is 9.95. The van der Waals surface area contributed by atoms with Crippen LogP contribution >= 0.6 is 11.3 Å². The summed E-state index contributed by atoms with van der Waals surface area (Å²) in [7, 11) is 1.97. The standard InChI is InChI=1S/C19H23FN2O2S.C14H30.C5H8O/c1-5-7-18(20)24-17-9-8-14(11-21-13(3)23)10-16(17)19-22(4)12-15(6-2)25-19;1-7-9-10-13(14(4,5)6)11-12(3)8-2;6-4-5-2-1-3-5/h5,7-10,12,18H,6,11H2,1-4H3;12-13H,7-11H2,1-6H3;4-5H,1-3H2/p+1. The van der Waals surface area contributed by atoms with Crippen molar-refractivity contribution in [1.82, 2.24) is 5.32 Å². The number of alkyl halides is 1. The zero-order valence-corrected chi connectivity index (χ0v) is 30.7. The Morgan fingerprint density at radius 1 is 1.22 bits per heavy atom. The predicted molar refractivity (Wildman–Crippen MR) is 188 cm³/mol. The Morgan fingerprint density at radius 2 is 1.91 bits per heavy atom. The molecule has 1 aromatic carbocycles. The molecule has 1 aliphatic carbocycles.